The zero-order chi connectivity index (χ0) is 10.8. The number of hydrogen-bond donors (Lipinski definition) is 0. The van der Waals surface area contributed by atoms with E-state index in [4.69, 9.17) is 0 Å². The normalized spacial score (nSPS) is 22.5. The van der Waals surface area contributed by atoms with Gasteiger partial charge in [-0.15, -0.1) is 6.58 Å². The molecule has 1 rings (SSSR count). The van der Waals surface area contributed by atoms with Gasteiger partial charge in [0.05, 0.1) is 0 Å². The van der Waals surface area contributed by atoms with Gasteiger partial charge in [0.15, 0.2) is 0 Å². The molecule has 1 aliphatic heterocycles. The van der Waals surface area contributed by atoms with Gasteiger partial charge < -0.3 is 4.90 Å². The van der Waals surface area contributed by atoms with Crippen molar-refractivity contribution in [2.45, 2.75) is 31.5 Å². The van der Waals surface area contributed by atoms with Crippen molar-refractivity contribution >= 4 is 5.91 Å². The van der Waals surface area contributed by atoms with E-state index in [1.54, 1.807) is 6.08 Å². The van der Waals surface area contributed by atoms with Crippen LogP contribution in [0.15, 0.2) is 12.7 Å². The van der Waals surface area contributed by atoms with Crippen LogP contribution in [0.25, 0.3) is 0 Å². The minimum absolute atomic E-state index is 0.205. The van der Waals surface area contributed by atoms with E-state index in [1.807, 2.05) is 0 Å². The average molecular weight is 207 g/mol. The molecule has 0 aromatic rings. The van der Waals surface area contributed by atoms with Gasteiger partial charge in [-0.2, -0.15) is 13.2 Å². The summed E-state index contributed by atoms with van der Waals surface area (Å²) in [6, 6.07) is -0.318. The first-order valence-electron chi connectivity index (χ1n) is 4.45. The smallest absolute Gasteiger partial charge is 0.332 e. The van der Waals surface area contributed by atoms with Crippen molar-refractivity contribution in [3.63, 3.8) is 0 Å². The Bertz CT molecular complexity index is 237. The van der Waals surface area contributed by atoms with Crippen molar-refractivity contribution in [1.82, 2.24) is 4.90 Å². The van der Waals surface area contributed by atoms with E-state index in [1.165, 1.54) is 0 Å². The van der Waals surface area contributed by atoms with Crippen LogP contribution in [0.4, 0.5) is 13.2 Å². The molecule has 0 aromatic heterocycles. The topological polar surface area (TPSA) is 20.3 Å². The van der Waals surface area contributed by atoms with Gasteiger partial charge in [0.1, 0.15) is 0 Å². The van der Waals surface area contributed by atoms with Crippen LogP contribution in [-0.2, 0) is 4.79 Å². The standard InChI is InChI=1S/C9H12F3NO/c1-2-4-7-5-3-6-13(7)8(14)9(10,11)12/h2,7H,1,3-6H2/t7-/m1/s1. The van der Waals surface area contributed by atoms with E-state index in [9.17, 15) is 18.0 Å². The second-order valence-corrected chi connectivity index (χ2v) is 3.32. The quantitative estimate of drug-likeness (QED) is 0.635. The number of carbonyl (C=O) groups excluding carboxylic acids is 1. The molecule has 1 aliphatic rings. The van der Waals surface area contributed by atoms with Crippen LogP contribution in [0.2, 0.25) is 0 Å². The Morgan fingerprint density at radius 3 is 2.71 bits per heavy atom. The molecule has 0 aliphatic carbocycles. The fraction of sp³-hybridized carbons (Fsp3) is 0.667. The Balaban J connectivity index is 2.67. The molecule has 0 saturated carbocycles. The summed E-state index contributed by atoms with van der Waals surface area (Å²) in [7, 11) is 0. The predicted molar refractivity (Wildman–Crippen MR) is 45.6 cm³/mol. The third-order valence-electron chi connectivity index (χ3n) is 2.32. The molecular weight excluding hydrogens is 195 g/mol. The van der Waals surface area contributed by atoms with Crippen molar-refractivity contribution in [2.24, 2.45) is 0 Å². The average Bonchev–Trinajstić information content (AvgIpc) is 2.50. The van der Waals surface area contributed by atoms with E-state index >= 15 is 0 Å². The van der Waals surface area contributed by atoms with Crippen LogP contribution < -0.4 is 0 Å². The molecule has 2 nitrogen and oxygen atoms in total. The lowest BCUT2D eigenvalue weighted by atomic mass is 10.1. The maximum atomic E-state index is 12.1. The summed E-state index contributed by atoms with van der Waals surface area (Å²) in [4.78, 5) is 11.8. The minimum atomic E-state index is -4.75. The number of likely N-dealkylation sites (tertiary alicyclic amines) is 1. The number of hydrogen-bond acceptors (Lipinski definition) is 1. The zero-order valence-electron chi connectivity index (χ0n) is 7.68. The fourth-order valence-corrected chi connectivity index (χ4v) is 1.70. The van der Waals surface area contributed by atoms with Gasteiger partial charge in [-0.05, 0) is 19.3 Å². The van der Waals surface area contributed by atoms with Gasteiger partial charge in [0.2, 0.25) is 0 Å². The number of alkyl halides is 3. The summed E-state index contributed by atoms with van der Waals surface area (Å²) in [5.74, 6) is -1.72. The second-order valence-electron chi connectivity index (χ2n) is 3.32. The predicted octanol–water partition coefficient (Wildman–Crippen LogP) is 2.12. The summed E-state index contributed by atoms with van der Waals surface area (Å²) in [6.45, 7) is 3.67. The Kier molecular flexibility index (Phi) is 3.18. The molecule has 0 unspecified atom stereocenters. The monoisotopic (exact) mass is 207 g/mol. The van der Waals surface area contributed by atoms with E-state index in [-0.39, 0.29) is 12.6 Å². The second kappa shape index (κ2) is 4.02. The molecule has 0 aromatic carbocycles. The van der Waals surface area contributed by atoms with Crippen LogP contribution in [0.5, 0.6) is 0 Å². The van der Waals surface area contributed by atoms with Gasteiger partial charge in [0.25, 0.3) is 0 Å². The zero-order valence-corrected chi connectivity index (χ0v) is 7.68. The van der Waals surface area contributed by atoms with Crippen molar-refractivity contribution < 1.29 is 18.0 Å². The van der Waals surface area contributed by atoms with Gasteiger partial charge >= 0.3 is 12.1 Å². The Morgan fingerprint density at radius 2 is 2.21 bits per heavy atom. The Hall–Kier alpha value is -1.00. The molecule has 14 heavy (non-hydrogen) atoms. The van der Waals surface area contributed by atoms with Crippen LogP contribution in [0.3, 0.4) is 0 Å². The highest BCUT2D eigenvalue weighted by Crippen LogP contribution is 2.27. The lowest BCUT2D eigenvalue weighted by Gasteiger charge is -2.24. The summed E-state index contributed by atoms with van der Waals surface area (Å²) in [5.41, 5.74) is 0. The highest BCUT2D eigenvalue weighted by atomic mass is 19.4. The Labute approximate surface area is 80.4 Å². The lowest BCUT2D eigenvalue weighted by Crippen LogP contribution is -2.43. The number of carbonyl (C=O) groups is 1. The number of rotatable bonds is 2. The van der Waals surface area contributed by atoms with E-state index in [2.05, 4.69) is 6.58 Å². The van der Waals surface area contributed by atoms with Crippen LogP contribution in [0, 0.1) is 0 Å². The highest BCUT2D eigenvalue weighted by Gasteiger charge is 2.45. The summed E-state index contributed by atoms with van der Waals surface area (Å²) in [6.07, 6.45) is -1.49. The van der Waals surface area contributed by atoms with Crippen molar-refractivity contribution in [3.05, 3.63) is 12.7 Å². The maximum absolute atomic E-state index is 12.1. The molecule has 0 bridgehead atoms. The number of amides is 1. The molecular formula is C9H12F3NO. The third-order valence-corrected chi connectivity index (χ3v) is 2.32. The first kappa shape index (κ1) is 11.1. The fourth-order valence-electron chi connectivity index (χ4n) is 1.70. The minimum Gasteiger partial charge on any atom is -0.332 e. The summed E-state index contributed by atoms with van der Waals surface area (Å²) in [5, 5.41) is 0. The van der Waals surface area contributed by atoms with Gasteiger partial charge in [-0.3, -0.25) is 4.79 Å². The SMILES string of the molecule is C=CC[C@@H]1CCCN1C(=O)C(F)(F)F. The molecule has 80 valence electrons. The molecule has 1 amide bonds. The Morgan fingerprint density at radius 1 is 1.57 bits per heavy atom. The molecule has 0 radical (unpaired) electrons. The summed E-state index contributed by atoms with van der Waals surface area (Å²) >= 11 is 0. The maximum Gasteiger partial charge on any atom is 0.471 e. The third kappa shape index (κ3) is 2.27. The van der Waals surface area contributed by atoms with Crippen molar-refractivity contribution in [3.8, 4) is 0 Å². The molecule has 0 spiro atoms. The van der Waals surface area contributed by atoms with Crippen LogP contribution in [0.1, 0.15) is 19.3 Å². The van der Waals surface area contributed by atoms with Crippen LogP contribution in [-0.4, -0.2) is 29.6 Å². The highest BCUT2D eigenvalue weighted by molar-refractivity contribution is 5.82. The summed E-state index contributed by atoms with van der Waals surface area (Å²) < 4.78 is 36.3. The van der Waals surface area contributed by atoms with Gasteiger partial charge in [-0.25, -0.2) is 0 Å². The molecule has 1 atom stereocenters. The number of halogens is 3. The lowest BCUT2D eigenvalue weighted by molar-refractivity contribution is -0.186. The van der Waals surface area contributed by atoms with E-state index < -0.39 is 12.1 Å². The molecule has 1 heterocycles. The molecule has 1 saturated heterocycles. The largest absolute Gasteiger partial charge is 0.471 e. The van der Waals surface area contributed by atoms with Crippen LogP contribution >= 0.6 is 0 Å². The first-order chi connectivity index (χ1) is 6.46. The van der Waals surface area contributed by atoms with Crippen molar-refractivity contribution in [1.29, 1.82) is 0 Å². The number of nitrogens with zero attached hydrogens (tertiary/aromatic N) is 1. The van der Waals surface area contributed by atoms with E-state index in [0.29, 0.717) is 19.3 Å². The first-order valence-corrected chi connectivity index (χ1v) is 4.45. The van der Waals surface area contributed by atoms with Gasteiger partial charge in [-0.1, -0.05) is 6.08 Å². The van der Waals surface area contributed by atoms with E-state index in [0.717, 1.165) is 4.90 Å². The molecule has 5 heteroatoms. The molecule has 1 fully saturated rings. The van der Waals surface area contributed by atoms with Crippen molar-refractivity contribution in [2.75, 3.05) is 6.54 Å². The van der Waals surface area contributed by atoms with Gasteiger partial charge in [0, 0.05) is 12.6 Å². The molecule has 0 N–H and O–H groups in total.